The second-order valence-corrected chi connectivity index (χ2v) is 4.78. The summed E-state index contributed by atoms with van der Waals surface area (Å²) < 4.78 is 0. The van der Waals surface area contributed by atoms with E-state index in [1.807, 2.05) is 36.4 Å². The van der Waals surface area contributed by atoms with Crippen molar-refractivity contribution in [1.29, 1.82) is 0 Å². The smallest absolute Gasteiger partial charge is 0.189 e. The van der Waals surface area contributed by atoms with Gasteiger partial charge in [0.1, 0.15) is 0 Å². The molecule has 3 N–H and O–H groups in total. The van der Waals surface area contributed by atoms with Crippen molar-refractivity contribution in [3.63, 3.8) is 0 Å². The number of hydrogen-bond donors (Lipinski definition) is 3. The molecule has 0 atom stereocenters. The number of anilines is 2. The molecule has 0 aliphatic carbocycles. The van der Waals surface area contributed by atoms with Gasteiger partial charge in [0.2, 0.25) is 0 Å². The molecule has 19 heavy (non-hydrogen) atoms. The van der Waals surface area contributed by atoms with Crippen LogP contribution in [0.15, 0.2) is 48.5 Å². The summed E-state index contributed by atoms with van der Waals surface area (Å²) in [4.78, 5) is 0. The Morgan fingerprint density at radius 3 is 2.32 bits per heavy atom. The lowest BCUT2D eigenvalue weighted by Crippen LogP contribution is -2.33. The van der Waals surface area contributed by atoms with E-state index in [1.165, 1.54) is 11.1 Å². The molecule has 2 rings (SSSR count). The van der Waals surface area contributed by atoms with E-state index in [0.717, 1.165) is 11.4 Å². The van der Waals surface area contributed by atoms with Gasteiger partial charge in [-0.3, -0.25) is 10.9 Å². The van der Waals surface area contributed by atoms with Gasteiger partial charge in [0.05, 0.1) is 5.69 Å². The van der Waals surface area contributed by atoms with E-state index < -0.39 is 0 Å². The molecule has 0 aromatic heterocycles. The average Bonchev–Trinajstić information content (AvgIpc) is 2.42. The van der Waals surface area contributed by atoms with E-state index in [2.05, 4.69) is 42.1 Å². The van der Waals surface area contributed by atoms with E-state index in [1.54, 1.807) is 0 Å². The molecule has 2 aromatic rings. The first-order valence-electron chi connectivity index (χ1n) is 6.10. The summed E-state index contributed by atoms with van der Waals surface area (Å²) in [6.45, 7) is 4.17. The third-order valence-corrected chi connectivity index (χ3v) is 3.06. The number of rotatable bonds is 3. The van der Waals surface area contributed by atoms with Gasteiger partial charge in [-0.2, -0.15) is 0 Å². The van der Waals surface area contributed by atoms with Crippen molar-refractivity contribution in [2.45, 2.75) is 13.8 Å². The molecule has 0 fully saturated rings. The maximum absolute atomic E-state index is 5.23. The van der Waals surface area contributed by atoms with Crippen LogP contribution in [0.1, 0.15) is 11.1 Å². The minimum absolute atomic E-state index is 0.534. The summed E-state index contributed by atoms with van der Waals surface area (Å²) in [5.41, 5.74) is 10.4. The quantitative estimate of drug-likeness (QED) is 0.588. The van der Waals surface area contributed by atoms with Crippen LogP contribution < -0.4 is 16.2 Å². The highest BCUT2D eigenvalue weighted by Crippen LogP contribution is 2.14. The van der Waals surface area contributed by atoms with E-state index in [-0.39, 0.29) is 0 Å². The summed E-state index contributed by atoms with van der Waals surface area (Å²) in [5.74, 6) is 0. The lowest BCUT2D eigenvalue weighted by atomic mass is 10.1. The number of hydrogen-bond acceptors (Lipinski definition) is 2. The van der Waals surface area contributed by atoms with Crippen molar-refractivity contribution in [1.82, 2.24) is 5.43 Å². The molecule has 0 bridgehead atoms. The van der Waals surface area contributed by atoms with Crippen LogP contribution in [-0.2, 0) is 0 Å². The van der Waals surface area contributed by atoms with Crippen molar-refractivity contribution in [3.8, 4) is 0 Å². The summed E-state index contributed by atoms with van der Waals surface area (Å²) >= 11 is 5.23. The summed E-state index contributed by atoms with van der Waals surface area (Å²) in [6, 6.07) is 16.0. The molecule has 3 nitrogen and oxygen atoms in total. The Morgan fingerprint density at radius 2 is 1.63 bits per heavy atom. The van der Waals surface area contributed by atoms with Crippen molar-refractivity contribution in [3.05, 3.63) is 59.7 Å². The van der Waals surface area contributed by atoms with E-state index in [4.69, 9.17) is 12.2 Å². The fourth-order valence-electron chi connectivity index (χ4n) is 1.63. The number of para-hydroxylation sites is 1. The number of hydrazine groups is 1. The normalized spacial score (nSPS) is 9.79. The molecule has 0 radical (unpaired) electrons. The van der Waals surface area contributed by atoms with E-state index >= 15 is 0 Å². The Kier molecular flexibility index (Phi) is 4.36. The number of benzene rings is 2. The second kappa shape index (κ2) is 6.20. The molecule has 4 heteroatoms. The fourth-order valence-corrected chi connectivity index (χ4v) is 1.80. The van der Waals surface area contributed by atoms with Gasteiger partial charge < -0.3 is 5.32 Å². The molecular weight excluding hydrogens is 254 g/mol. The minimum atomic E-state index is 0.534. The Labute approximate surface area is 119 Å². The van der Waals surface area contributed by atoms with Gasteiger partial charge in [-0.15, -0.1) is 0 Å². The minimum Gasteiger partial charge on any atom is -0.331 e. The first kappa shape index (κ1) is 13.4. The molecule has 0 amide bonds. The van der Waals surface area contributed by atoms with Crippen LogP contribution in [0.2, 0.25) is 0 Å². The predicted octanol–water partition coefficient (Wildman–Crippen LogP) is 3.62. The largest absolute Gasteiger partial charge is 0.331 e. The highest BCUT2D eigenvalue weighted by molar-refractivity contribution is 7.80. The zero-order valence-corrected chi connectivity index (χ0v) is 11.8. The van der Waals surface area contributed by atoms with Crippen molar-refractivity contribution in [2.24, 2.45) is 0 Å². The van der Waals surface area contributed by atoms with Gasteiger partial charge in [-0.1, -0.05) is 24.3 Å². The van der Waals surface area contributed by atoms with Crippen LogP contribution >= 0.6 is 12.2 Å². The lowest BCUT2D eigenvalue weighted by molar-refractivity contribution is 1.14. The second-order valence-electron chi connectivity index (χ2n) is 4.37. The highest BCUT2D eigenvalue weighted by atomic mass is 32.1. The molecule has 2 aromatic carbocycles. The molecule has 0 aliphatic rings. The standard InChI is InChI=1S/C15H17N3S/c1-11-8-9-14(10-12(11)2)16-15(19)18-17-13-6-4-3-5-7-13/h3-10,17H,1-2H3,(H2,16,18,19). The summed E-state index contributed by atoms with van der Waals surface area (Å²) in [7, 11) is 0. The number of aryl methyl sites for hydroxylation is 2. The monoisotopic (exact) mass is 271 g/mol. The van der Waals surface area contributed by atoms with Crippen LogP contribution in [0.4, 0.5) is 11.4 Å². The van der Waals surface area contributed by atoms with Gasteiger partial charge in [0.25, 0.3) is 0 Å². The van der Waals surface area contributed by atoms with Gasteiger partial charge in [-0.25, -0.2) is 0 Å². The van der Waals surface area contributed by atoms with Gasteiger partial charge in [0, 0.05) is 5.69 Å². The maximum Gasteiger partial charge on any atom is 0.189 e. The van der Waals surface area contributed by atoms with Crippen LogP contribution in [0.5, 0.6) is 0 Å². The molecule has 0 heterocycles. The van der Waals surface area contributed by atoms with Gasteiger partial charge in [0.15, 0.2) is 5.11 Å². The Balaban J connectivity index is 1.89. The third-order valence-electron chi connectivity index (χ3n) is 2.86. The highest BCUT2D eigenvalue weighted by Gasteiger charge is 1.99. The van der Waals surface area contributed by atoms with Crippen LogP contribution in [0, 0.1) is 13.8 Å². The summed E-state index contributed by atoms with van der Waals surface area (Å²) in [6.07, 6.45) is 0. The zero-order valence-electron chi connectivity index (χ0n) is 11.0. The molecule has 0 saturated carbocycles. The van der Waals surface area contributed by atoms with Gasteiger partial charge in [-0.05, 0) is 61.5 Å². The average molecular weight is 271 g/mol. The zero-order chi connectivity index (χ0) is 13.7. The first-order valence-corrected chi connectivity index (χ1v) is 6.51. The number of thiocarbonyl (C=S) groups is 1. The van der Waals surface area contributed by atoms with Gasteiger partial charge >= 0.3 is 0 Å². The summed E-state index contributed by atoms with van der Waals surface area (Å²) in [5, 5.41) is 3.67. The fraction of sp³-hybridized carbons (Fsp3) is 0.133. The van der Waals surface area contributed by atoms with Crippen LogP contribution in [-0.4, -0.2) is 5.11 Å². The van der Waals surface area contributed by atoms with Crippen LogP contribution in [0.25, 0.3) is 0 Å². The van der Waals surface area contributed by atoms with E-state index in [9.17, 15) is 0 Å². The van der Waals surface area contributed by atoms with Crippen molar-refractivity contribution >= 4 is 28.7 Å². The molecule has 0 unspecified atom stereocenters. The topological polar surface area (TPSA) is 36.1 Å². The SMILES string of the molecule is Cc1ccc(NC(=S)NNc2ccccc2)cc1C. The molecule has 0 saturated heterocycles. The lowest BCUT2D eigenvalue weighted by Gasteiger charge is -2.13. The molecular formula is C15H17N3S. The first-order chi connectivity index (χ1) is 9.15. The Bertz CT molecular complexity index is 567. The van der Waals surface area contributed by atoms with Crippen molar-refractivity contribution in [2.75, 3.05) is 10.7 Å². The maximum atomic E-state index is 5.23. The Hall–Kier alpha value is -2.07. The molecule has 0 spiro atoms. The molecule has 0 aliphatic heterocycles. The van der Waals surface area contributed by atoms with Crippen molar-refractivity contribution < 1.29 is 0 Å². The predicted molar refractivity (Wildman–Crippen MR) is 85.3 cm³/mol. The van der Waals surface area contributed by atoms with Crippen LogP contribution in [0.3, 0.4) is 0 Å². The van der Waals surface area contributed by atoms with E-state index in [0.29, 0.717) is 5.11 Å². The Morgan fingerprint density at radius 1 is 0.895 bits per heavy atom. The third kappa shape index (κ3) is 3.96. The number of nitrogens with one attached hydrogen (secondary N) is 3. The molecule has 98 valence electrons.